The molecule has 62 heavy (non-hydrogen) atoms. The van der Waals surface area contributed by atoms with Crippen LogP contribution in [0.3, 0.4) is 0 Å². The quantitative estimate of drug-likeness (QED) is 0.0623. The Bertz CT molecular complexity index is 2590. The second-order valence-corrected chi connectivity index (χ2v) is 18.7. The minimum Gasteiger partial charge on any atom is -0.455 e. The van der Waals surface area contributed by atoms with Crippen molar-refractivity contribution >= 4 is 55.6 Å². The first-order chi connectivity index (χ1) is 29.9. The molecule has 3 aliphatic heterocycles. The molecule has 5 aromatic rings. The highest BCUT2D eigenvalue weighted by molar-refractivity contribution is 7.90. The Labute approximate surface area is 364 Å². The van der Waals surface area contributed by atoms with Gasteiger partial charge in [-0.05, 0) is 85.7 Å². The number of nitrogens with zero attached hydrogens (tertiary/aromatic N) is 5. The molecule has 0 radical (unpaired) electrons. The lowest BCUT2D eigenvalue weighted by molar-refractivity contribution is -0.384. The molecule has 3 fully saturated rings. The van der Waals surface area contributed by atoms with E-state index in [1.165, 1.54) is 35.5 Å². The summed E-state index contributed by atoms with van der Waals surface area (Å²) in [7, 11) is -4.62. The molecule has 9 rings (SSSR count). The minimum atomic E-state index is -4.62. The number of sulfonamides is 1. The SMILES string of the molecule is O=C(NS(=O)(=O)c1ccc(NCC2(O)CCN(C3COC3)CC2)c([N+](=O)[O-])c1)c1ccc(N2CCN([C@@H]3CCCCc4c(Cl)cccc43)CC2)cc1Oc1cnc2[nH]ccc2c1. The Kier molecular flexibility index (Phi) is 11.8. The number of aromatic amines is 1. The standard InChI is InChI=1S/C44H49ClN8O8S/c45-37-6-3-5-35-34(37)4-1-2-7-39(35)52-20-18-51(19-21-52)30-8-10-36(41(23-30)61-32-22-29-12-15-46-42(29)47-25-32)43(54)49-62(58,59)33-9-11-38(40(24-33)53(56)57)48-28-44(55)13-16-50(17-14-44)31-26-60-27-31/h3,5-6,8-12,15,22-25,31,39,48,55H,1-2,4,7,13-14,16-21,26-28H2,(H,46,47)(H,49,54)/t39-/m1/s1. The molecule has 1 atom stereocenters. The largest absolute Gasteiger partial charge is 0.455 e. The number of carbonyl (C=O) groups is 1. The van der Waals surface area contributed by atoms with Gasteiger partial charge >= 0.3 is 0 Å². The number of hydrogen-bond donors (Lipinski definition) is 4. The molecule has 4 N–H and O–H groups in total. The third kappa shape index (κ3) is 8.82. The Morgan fingerprint density at radius 2 is 1.82 bits per heavy atom. The first-order valence-electron chi connectivity index (χ1n) is 21.1. The fourth-order valence-corrected chi connectivity index (χ4v) is 10.4. The van der Waals surface area contributed by atoms with Crippen molar-refractivity contribution in [3.8, 4) is 11.5 Å². The van der Waals surface area contributed by atoms with E-state index < -0.39 is 37.0 Å². The molecule has 0 unspecified atom stereocenters. The zero-order valence-electron chi connectivity index (χ0n) is 34.1. The predicted octanol–water partition coefficient (Wildman–Crippen LogP) is 6.26. The van der Waals surface area contributed by atoms with Crippen LogP contribution in [-0.2, 0) is 21.2 Å². The van der Waals surface area contributed by atoms with Crippen molar-refractivity contribution < 1.29 is 32.7 Å². The number of aliphatic hydroxyl groups is 1. The van der Waals surface area contributed by atoms with Gasteiger partial charge in [-0.2, -0.15) is 0 Å². The van der Waals surface area contributed by atoms with Gasteiger partial charge in [-0.15, -0.1) is 0 Å². The van der Waals surface area contributed by atoms with Gasteiger partial charge in [-0.1, -0.05) is 30.2 Å². The highest BCUT2D eigenvalue weighted by atomic mass is 35.5. The van der Waals surface area contributed by atoms with Crippen molar-refractivity contribution in [2.24, 2.45) is 0 Å². The first kappa shape index (κ1) is 42.0. The summed E-state index contributed by atoms with van der Waals surface area (Å²) in [6.07, 6.45) is 8.48. The van der Waals surface area contributed by atoms with Crippen molar-refractivity contribution in [3.63, 3.8) is 0 Å². The Morgan fingerprint density at radius 1 is 1.02 bits per heavy atom. The average Bonchev–Trinajstić information content (AvgIpc) is 3.60. The lowest BCUT2D eigenvalue weighted by atomic mass is 9.90. The van der Waals surface area contributed by atoms with Crippen LogP contribution in [0.25, 0.3) is 11.0 Å². The van der Waals surface area contributed by atoms with Crippen molar-refractivity contribution in [3.05, 3.63) is 111 Å². The summed E-state index contributed by atoms with van der Waals surface area (Å²) >= 11 is 6.65. The third-order valence-corrected chi connectivity index (χ3v) is 14.5. The maximum atomic E-state index is 14.0. The lowest BCUT2D eigenvalue weighted by Crippen LogP contribution is -2.56. The minimum absolute atomic E-state index is 0.0387. The number of nitro benzene ring substituents is 1. The van der Waals surface area contributed by atoms with E-state index in [9.17, 15) is 28.4 Å². The molecular weight excluding hydrogens is 836 g/mol. The molecule has 18 heteroatoms. The molecule has 4 aliphatic rings. The fourth-order valence-electron chi connectivity index (χ4n) is 9.09. The summed E-state index contributed by atoms with van der Waals surface area (Å²) in [4.78, 5) is 39.5. The number of carbonyl (C=O) groups excluding carboxylic acids is 1. The second kappa shape index (κ2) is 17.5. The van der Waals surface area contributed by atoms with Crippen LogP contribution in [0, 0.1) is 10.1 Å². The van der Waals surface area contributed by atoms with Crippen molar-refractivity contribution in [2.45, 2.75) is 61.1 Å². The molecule has 5 heterocycles. The van der Waals surface area contributed by atoms with Gasteiger partial charge in [0.05, 0.1) is 46.4 Å². The van der Waals surface area contributed by atoms with E-state index in [1.807, 2.05) is 18.2 Å². The number of amides is 1. The third-order valence-electron chi connectivity index (χ3n) is 12.8. The molecule has 3 aromatic carbocycles. The number of H-pyrrole nitrogens is 1. The summed E-state index contributed by atoms with van der Waals surface area (Å²) in [5.41, 5.74) is 2.37. The van der Waals surface area contributed by atoms with Gasteiger partial charge in [-0.3, -0.25) is 24.7 Å². The van der Waals surface area contributed by atoms with Gasteiger partial charge in [-0.25, -0.2) is 18.1 Å². The van der Waals surface area contributed by atoms with Gasteiger partial charge in [0.25, 0.3) is 21.6 Å². The number of likely N-dealkylation sites (tertiary alicyclic amines) is 1. The van der Waals surface area contributed by atoms with Crippen LogP contribution in [0.1, 0.15) is 59.6 Å². The number of anilines is 2. The fraction of sp³-hybridized carbons (Fsp3) is 0.409. The van der Waals surface area contributed by atoms with Crippen LogP contribution in [0.2, 0.25) is 5.02 Å². The molecule has 326 valence electrons. The van der Waals surface area contributed by atoms with E-state index in [1.54, 1.807) is 24.4 Å². The van der Waals surface area contributed by atoms with Crippen molar-refractivity contribution in [2.75, 3.05) is 69.2 Å². The number of rotatable bonds is 12. The highest BCUT2D eigenvalue weighted by Crippen LogP contribution is 2.38. The monoisotopic (exact) mass is 884 g/mol. The average molecular weight is 885 g/mol. The molecule has 2 aromatic heterocycles. The summed E-state index contributed by atoms with van der Waals surface area (Å²) < 4.78 is 41.2. The van der Waals surface area contributed by atoms with Crippen LogP contribution in [0.4, 0.5) is 17.1 Å². The van der Waals surface area contributed by atoms with Crippen LogP contribution >= 0.6 is 11.6 Å². The topological polar surface area (TPSA) is 196 Å². The Morgan fingerprint density at radius 3 is 2.58 bits per heavy atom. The number of halogens is 1. The van der Waals surface area contributed by atoms with E-state index in [0.717, 1.165) is 60.9 Å². The highest BCUT2D eigenvalue weighted by Gasteiger charge is 2.37. The lowest BCUT2D eigenvalue weighted by Gasteiger charge is -2.44. The molecular formula is C44H49ClN8O8S. The predicted molar refractivity (Wildman–Crippen MR) is 235 cm³/mol. The zero-order chi connectivity index (χ0) is 43.0. The van der Waals surface area contributed by atoms with E-state index in [0.29, 0.717) is 69.7 Å². The molecule has 3 saturated heterocycles. The van der Waals surface area contributed by atoms with Crippen molar-refractivity contribution in [1.29, 1.82) is 0 Å². The summed E-state index contributed by atoms with van der Waals surface area (Å²) in [5.74, 6) is -0.537. The van der Waals surface area contributed by atoms with Crippen LogP contribution in [-0.4, -0.2) is 115 Å². The number of piperazine rings is 1. The van der Waals surface area contributed by atoms with E-state index in [-0.39, 0.29) is 29.6 Å². The number of aromatic nitrogens is 2. The maximum Gasteiger partial charge on any atom is 0.293 e. The number of fused-ring (bicyclic) bond motifs is 2. The van der Waals surface area contributed by atoms with Crippen LogP contribution in [0.5, 0.6) is 11.5 Å². The number of nitrogens with one attached hydrogen (secondary N) is 3. The summed E-state index contributed by atoms with van der Waals surface area (Å²) in [5, 5.41) is 28.0. The summed E-state index contributed by atoms with van der Waals surface area (Å²) in [6.45, 7) is 5.75. The molecule has 16 nitrogen and oxygen atoms in total. The molecule has 1 aliphatic carbocycles. The Balaban J connectivity index is 0.919. The first-order valence-corrected chi connectivity index (χ1v) is 22.9. The van der Waals surface area contributed by atoms with E-state index >= 15 is 0 Å². The van der Waals surface area contributed by atoms with Crippen LogP contribution in [0.15, 0.2) is 84.0 Å². The van der Waals surface area contributed by atoms with Gasteiger partial charge in [0.2, 0.25) is 0 Å². The molecule has 0 bridgehead atoms. The van der Waals surface area contributed by atoms with Gasteiger partial charge < -0.3 is 29.8 Å². The number of piperidine rings is 1. The number of ether oxygens (including phenoxy) is 2. The molecule has 1 amide bonds. The molecule has 0 saturated carbocycles. The van der Waals surface area contributed by atoms with Gasteiger partial charge in [0.15, 0.2) is 0 Å². The van der Waals surface area contributed by atoms with Crippen molar-refractivity contribution in [1.82, 2.24) is 24.5 Å². The number of pyridine rings is 1. The number of hydrogen-bond acceptors (Lipinski definition) is 13. The number of nitro groups is 1. The smallest absolute Gasteiger partial charge is 0.293 e. The van der Waals surface area contributed by atoms with Gasteiger partial charge in [0.1, 0.15) is 22.8 Å². The van der Waals surface area contributed by atoms with Gasteiger partial charge in [0, 0.05) is 86.3 Å². The van der Waals surface area contributed by atoms with E-state index in [4.69, 9.17) is 21.1 Å². The summed E-state index contributed by atoms with van der Waals surface area (Å²) in [6, 6.07) is 18.8. The molecule has 0 spiro atoms. The Hall–Kier alpha value is -5.30. The van der Waals surface area contributed by atoms with Crippen LogP contribution < -0.4 is 19.7 Å². The number of benzene rings is 3. The van der Waals surface area contributed by atoms with E-state index in [2.05, 4.69) is 40.8 Å². The normalized spacial score (nSPS) is 19.9. The zero-order valence-corrected chi connectivity index (χ0v) is 35.7. The second-order valence-electron chi connectivity index (χ2n) is 16.6. The maximum absolute atomic E-state index is 14.0.